The van der Waals surface area contributed by atoms with Crippen molar-refractivity contribution in [3.63, 3.8) is 0 Å². The van der Waals surface area contributed by atoms with Crippen molar-refractivity contribution in [1.82, 2.24) is 0 Å². The van der Waals surface area contributed by atoms with Crippen LogP contribution in [0.25, 0.3) is 0 Å². The zero-order chi connectivity index (χ0) is 11.0. The number of anilines is 1. The molecular weight excluding hydrogens is 196 g/mol. The monoisotopic (exact) mass is 208 g/mol. The molecule has 0 spiro atoms. The molecule has 80 valence electrons. The van der Waals surface area contributed by atoms with E-state index in [9.17, 15) is 15.2 Å². The molecule has 2 atom stereocenters. The molecule has 1 aliphatic heterocycles. The van der Waals surface area contributed by atoms with E-state index >= 15 is 0 Å². The molecule has 2 N–H and O–H groups in total. The largest absolute Gasteiger partial charge is 0.388 e. The van der Waals surface area contributed by atoms with Crippen molar-refractivity contribution in [2.24, 2.45) is 0 Å². The molecule has 0 saturated heterocycles. The summed E-state index contributed by atoms with van der Waals surface area (Å²) in [7, 11) is 0. The van der Waals surface area contributed by atoms with Crippen molar-refractivity contribution in [2.75, 3.05) is 5.32 Å². The van der Waals surface area contributed by atoms with Gasteiger partial charge >= 0.3 is 0 Å². The highest BCUT2D eigenvalue weighted by Crippen LogP contribution is 2.38. The summed E-state index contributed by atoms with van der Waals surface area (Å²) in [6.07, 6.45) is -0.0371. The van der Waals surface area contributed by atoms with Crippen molar-refractivity contribution < 1.29 is 10.0 Å². The summed E-state index contributed by atoms with van der Waals surface area (Å²) >= 11 is 0. The fourth-order valence-corrected chi connectivity index (χ4v) is 1.91. The minimum absolute atomic E-state index is 0.0260. The number of fused-ring (bicyclic) bond motifs is 1. The molecule has 2 unspecified atom stereocenters. The molecule has 0 aromatic heterocycles. The molecule has 15 heavy (non-hydrogen) atoms. The second-order valence-corrected chi connectivity index (χ2v) is 3.80. The van der Waals surface area contributed by atoms with Crippen molar-refractivity contribution in [3.05, 3.63) is 33.9 Å². The van der Waals surface area contributed by atoms with Gasteiger partial charge in [0.2, 0.25) is 0 Å². The molecule has 5 nitrogen and oxygen atoms in total. The molecule has 5 heteroatoms. The average Bonchev–Trinajstić information content (AvgIpc) is 2.16. The van der Waals surface area contributed by atoms with E-state index in [1.54, 1.807) is 12.1 Å². The topological polar surface area (TPSA) is 75.4 Å². The first kappa shape index (κ1) is 9.92. The number of rotatable bonds is 1. The van der Waals surface area contributed by atoms with Gasteiger partial charge in [-0.25, -0.2) is 0 Å². The van der Waals surface area contributed by atoms with Gasteiger partial charge in [-0.2, -0.15) is 0 Å². The van der Waals surface area contributed by atoms with Gasteiger partial charge in [0.25, 0.3) is 5.69 Å². The SMILES string of the molecule is CC1CC(O)c2cccc([N+](=O)[O-])c2N1. The Morgan fingerprint density at radius 2 is 2.33 bits per heavy atom. The van der Waals surface area contributed by atoms with Crippen LogP contribution in [0.2, 0.25) is 0 Å². The lowest BCUT2D eigenvalue weighted by atomic mass is 9.95. The maximum Gasteiger partial charge on any atom is 0.292 e. The van der Waals surface area contributed by atoms with Crippen molar-refractivity contribution >= 4 is 11.4 Å². The van der Waals surface area contributed by atoms with Gasteiger partial charge in [-0.1, -0.05) is 12.1 Å². The number of aliphatic hydroxyl groups is 1. The Bertz CT molecular complexity index is 406. The second-order valence-electron chi connectivity index (χ2n) is 3.80. The number of hydrogen-bond donors (Lipinski definition) is 2. The van der Waals surface area contributed by atoms with Crippen molar-refractivity contribution in [2.45, 2.75) is 25.5 Å². The molecule has 1 aromatic carbocycles. The number of nitro groups is 1. The van der Waals surface area contributed by atoms with Crippen molar-refractivity contribution in [1.29, 1.82) is 0 Å². The smallest absolute Gasteiger partial charge is 0.292 e. The number of aliphatic hydroxyl groups excluding tert-OH is 1. The summed E-state index contributed by atoms with van der Waals surface area (Å²) in [6, 6.07) is 4.80. The minimum atomic E-state index is -0.615. The Kier molecular flexibility index (Phi) is 2.32. The van der Waals surface area contributed by atoms with Gasteiger partial charge in [0.1, 0.15) is 5.69 Å². The van der Waals surface area contributed by atoms with Crippen LogP contribution in [0.1, 0.15) is 25.0 Å². The second kappa shape index (κ2) is 3.51. The van der Waals surface area contributed by atoms with Crippen LogP contribution in [0.5, 0.6) is 0 Å². The van der Waals surface area contributed by atoms with Crippen LogP contribution < -0.4 is 5.32 Å². The predicted molar refractivity (Wildman–Crippen MR) is 55.8 cm³/mol. The van der Waals surface area contributed by atoms with Gasteiger partial charge in [-0.15, -0.1) is 0 Å². The molecular formula is C10H12N2O3. The third-order valence-corrected chi connectivity index (χ3v) is 2.60. The lowest BCUT2D eigenvalue weighted by Gasteiger charge is -2.27. The lowest BCUT2D eigenvalue weighted by Crippen LogP contribution is -2.25. The standard InChI is InChI=1S/C10H12N2O3/c1-6-5-9(13)7-3-2-4-8(12(14)15)10(7)11-6/h2-4,6,9,11,13H,5H2,1H3. The fourth-order valence-electron chi connectivity index (χ4n) is 1.91. The lowest BCUT2D eigenvalue weighted by molar-refractivity contribution is -0.384. The first-order valence-corrected chi connectivity index (χ1v) is 4.81. The third kappa shape index (κ3) is 1.66. The van der Waals surface area contributed by atoms with E-state index in [2.05, 4.69) is 5.32 Å². The first-order valence-electron chi connectivity index (χ1n) is 4.81. The quantitative estimate of drug-likeness (QED) is 0.545. The molecule has 0 amide bonds. The van der Waals surface area contributed by atoms with Crippen LogP contribution in [0.4, 0.5) is 11.4 Å². The van der Waals surface area contributed by atoms with Gasteiger partial charge in [-0.05, 0) is 13.3 Å². The Morgan fingerprint density at radius 3 is 3.00 bits per heavy atom. The summed E-state index contributed by atoms with van der Waals surface area (Å²) in [4.78, 5) is 10.3. The van der Waals surface area contributed by atoms with E-state index in [-0.39, 0.29) is 11.7 Å². The maximum atomic E-state index is 10.8. The zero-order valence-corrected chi connectivity index (χ0v) is 8.30. The van der Waals surface area contributed by atoms with Crippen LogP contribution in [-0.2, 0) is 0 Å². The van der Waals surface area contributed by atoms with Crippen molar-refractivity contribution in [3.8, 4) is 0 Å². The zero-order valence-electron chi connectivity index (χ0n) is 8.30. The van der Waals surface area contributed by atoms with E-state index in [4.69, 9.17) is 0 Å². The van der Waals surface area contributed by atoms with E-state index < -0.39 is 11.0 Å². The van der Waals surface area contributed by atoms with Crippen LogP contribution in [0, 0.1) is 10.1 Å². The molecule has 1 heterocycles. The van der Waals surface area contributed by atoms with Gasteiger partial charge in [-0.3, -0.25) is 10.1 Å². The molecule has 2 rings (SSSR count). The van der Waals surface area contributed by atoms with E-state index in [1.807, 2.05) is 6.92 Å². The Labute approximate surface area is 86.9 Å². The van der Waals surface area contributed by atoms with E-state index in [0.717, 1.165) is 0 Å². The highest BCUT2D eigenvalue weighted by molar-refractivity contribution is 5.68. The molecule has 1 aromatic rings. The summed E-state index contributed by atoms with van der Waals surface area (Å²) < 4.78 is 0. The average molecular weight is 208 g/mol. The summed E-state index contributed by atoms with van der Waals surface area (Å²) in [5, 5.41) is 23.6. The highest BCUT2D eigenvalue weighted by atomic mass is 16.6. The first-order chi connectivity index (χ1) is 7.09. The maximum absolute atomic E-state index is 10.8. The number of nitro benzene ring substituents is 1. The Hall–Kier alpha value is -1.62. The Morgan fingerprint density at radius 1 is 1.60 bits per heavy atom. The summed E-state index contributed by atoms with van der Waals surface area (Å²) in [5.41, 5.74) is 1.09. The molecule has 0 radical (unpaired) electrons. The summed E-state index contributed by atoms with van der Waals surface area (Å²) in [6.45, 7) is 1.89. The normalized spacial score (nSPS) is 24.1. The minimum Gasteiger partial charge on any atom is -0.388 e. The van der Waals surface area contributed by atoms with E-state index in [1.165, 1.54) is 6.07 Å². The van der Waals surface area contributed by atoms with Gasteiger partial charge in [0, 0.05) is 17.7 Å². The number of para-hydroxylation sites is 1. The van der Waals surface area contributed by atoms with E-state index in [0.29, 0.717) is 17.7 Å². The van der Waals surface area contributed by atoms with Gasteiger partial charge < -0.3 is 10.4 Å². The fraction of sp³-hybridized carbons (Fsp3) is 0.400. The number of hydrogen-bond acceptors (Lipinski definition) is 4. The van der Waals surface area contributed by atoms with Crippen LogP contribution >= 0.6 is 0 Å². The highest BCUT2D eigenvalue weighted by Gasteiger charge is 2.28. The van der Waals surface area contributed by atoms with Gasteiger partial charge in [0.05, 0.1) is 11.0 Å². The molecule has 1 aliphatic rings. The number of benzene rings is 1. The van der Waals surface area contributed by atoms with Crippen LogP contribution in [-0.4, -0.2) is 16.1 Å². The van der Waals surface area contributed by atoms with Crippen LogP contribution in [0.15, 0.2) is 18.2 Å². The third-order valence-electron chi connectivity index (χ3n) is 2.60. The Balaban J connectivity index is 2.54. The summed E-state index contributed by atoms with van der Waals surface area (Å²) in [5.74, 6) is 0. The number of nitrogens with one attached hydrogen (secondary N) is 1. The molecule has 0 bridgehead atoms. The molecule has 0 aliphatic carbocycles. The number of nitrogens with zero attached hydrogens (tertiary/aromatic N) is 1. The van der Waals surface area contributed by atoms with Gasteiger partial charge in [0.15, 0.2) is 0 Å². The molecule has 0 fully saturated rings. The molecule has 0 saturated carbocycles. The predicted octanol–water partition coefficient (Wildman–Crippen LogP) is 1.83. The van der Waals surface area contributed by atoms with Crippen LogP contribution in [0.3, 0.4) is 0 Å².